The van der Waals surface area contributed by atoms with E-state index in [2.05, 4.69) is 21.3 Å². The van der Waals surface area contributed by atoms with E-state index < -0.39 is 0 Å². The fourth-order valence-electron chi connectivity index (χ4n) is 3.86. The van der Waals surface area contributed by atoms with Crippen molar-refractivity contribution in [3.8, 4) is 5.75 Å². The van der Waals surface area contributed by atoms with Gasteiger partial charge in [-0.15, -0.1) is 0 Å². The standard InChI is InChI=1S/C22H21N3O2/c26-21-18-6-3-4-15(14-25-10-8-23-9-11-25)22(18)27-20(21)12-16-13-24-19-7-2-1-5-17(16)19/h1-7,12-13,23-24H,8-11,14H2/b20-12-. The Labute approximate surface area is 157 Å². The number of ether oxygens (including phenoxy) is 1. The van der Waals surface area contributed by atoms with Gasteiger partial charge < -0.3 is 15.0 Å². The van der Waals surface area contributed by atoms with Crippen molar-refractivity contribution in [1.29, 1.82) is 0 Å². The molecule has 1 fully saturated rings. The fraction of sp³-hybridized carbons (Fsp3) is 0.227. The summed E-state index contributed by atoms with van der Waals surface area (Å²) in [6.07, 6.45) is 3.76. The van der Waals surface area contributed by atoms with Crippen molar-refractivity contribution in [3.05, 3.63) is 71.1 Å². The van der Waals surface area contributed by atoms with Crippen LogP contribution in [0.5, 0.6) is 5.75 Å². The third-order valence-corrected chi connectivity index (χ3v) is 5.29. The Bertz CT molecular complexity index is 1040. The maximum absolute atomic E-state index is 12.9. The second-order valence-corrected chi connectivity index (χ2v) is 7.05. The number of carbonyl (C=O) groups is 1. The molecule has 2 N–H and O–H groups in total. The molecule has 2 aromatic carbocycles. The zero-order valence-electron chi connectivity index (χ0n) is 15.0. The number of H-pyrrole nitrogens is 1. The summed E-state index contributed by atoms with van der Waals surface area (Å²) in [6, 6.07) is 13.9. The molecule has 2 aliphatic heterocycles. The molecular weight excluding hydrogens is 338 g/mol. The van der Waals surface area contributed by atoms with Gasteiger partial charge in [0.15, 0.2) is 5.76 Å². The summed E-state index contributed by atoms with van der Waals surface area (Å²) in [5.74, 6) is 1.06. The molecule has 5 heteroatoms. The Kier molecular flexibility index (Phi) is 4.03. The van der Waals surface area contributed by atoms with Crippen LogP contribution in [0.2, 0.25) is 0 Å². The predicted molar refractivity (Wildman–Crippen MR) is 106 cm³/mol. The summed E-state index contributed by atoms with van der Waals surface area (Å²) < 4.78 is 6.07. The van der Waals surface area contributed by atoms with Gasteiger partial charge in [0.1, 0.15) is 5.75 Å². The number of allylic oxidation sites excluding steroid dienone is 1. The van der Waals surface area contributed by atoms with Crippen LogP contribution in [0.3, 0.4) is 0 Å². The van der Waals surface area contributed by atoms with Gasteiger partial charge in [-0.2, -0.15) is 0 Å². The maximum atomic E-state index is 12.9. The van der Waals surface area contributed by atoms with E-state index in [0.29, 0.717) is 17.1 Å². The molecule has 136 valence electrons. The van der Waals surface area contributed by atoms with Crippen LogP contribution in [0.25, 0.3) is 17.0 Å². The molecule has 0 amide bonds. The second-order valence-electron chi connectivity index (χ2n) is 7.05. The molecule has 0 atom stereocenters. The SMILES string of the molecule is O=C1/C(=C/c2c[nH]c3ccccc23)Oc2c(CN3CCNCC3)cccc21. The van der Waals surface area contributed by atoms with Crippen LogP contribution in [-0.4, -0.2) is 41.8 Å². The highest BCUT2D eigenvalue weighted by Crippen LogP contribution is 2.36. The number of fused-ring (bicyclic) bond motifs is 2. The van der Waals surface area contributed by atoms with Crippen LogP contribution in [0, 0.1) is 0 Å². The minimum atomic E-state index is -0.0440. The number of nitrogens with one attached hydrogen (secondary N) is 2. The van der Waals surface area contributed by atoms with Gasteiger partial charge in [0, 0.05) is 61.0 Å². The van der Waals surface area contributed by atoms with Crippen LogP contribution in [0.15, 0.2) is 54.4 Å². The molecule has 0 radical (unpaired) electrons. The van der Waals surface area contributed by atoms with Crippen LogP contribution in [0.4, 0.5) is 0 Å². The Morgan fingerprint density at radius 1 is 1.07 bits per heavy atom. The molecule has 0 spiro atoms. The van der Waals surface area contributed by atoms with Crippen molar-refractivity contribution in [2.24, 2.45) is 0 Å². The fourth-order valence-corrected chi connectivity index (χ4v) is 3.86. The predicted octanol–water partition coefficient (Wildman–Crippen LogP) is 3.19. The number of nitrogens with zero attached hydrogens (tertiary/aromatic N) is 1. The third-order valence-electron chi connectivity index (χ3n) is 5.29. The molecule has 0 aliphatic carbocycles. The number of aromatic amines is 1. The summed E-state index contributed by atoms with van der Waals surface area (Å²) in [4.78, 5) is 18.5. The van der Waals surface area contributed by atoms with Crippen LogP contribution < -0.4 is 10.1 Å². The topological polar surface area (TPSA) is 57.4 Å². The zero-order chi connectivity index (χ0) is 18.2. The van der Waals surface area contributed by atoms with Crippen LogP contribution >= 0.6 is 0 Å². The van der Waals surface area contributed by atoms with E-state index in [4.69, 9.17) is 4.74 Å². The number of ketones is 1. The first kappa shape index (κ1) is 16.3. The molecule has 27 heavy (non-hydrogen) atoms. The monoisotopic (exact) mass is 359 g/mol. The number of carbonyl (C=O) groups excluding carboxylic acids is 1. The number of aromatic nitrogens is 1. The number of rotatable bonds is 3. The summed E-state index contributed by atoms with van der Waals surface area (Å²) >= 11 is 0. The molecular formula is C22H21N3O2. The lowest BCUT2D eigenvalue weighted by Crippen LogP contribution is -2.42. The number of hydrogen-bond acceptors (Lipinski definition) is 4. The number of Topliss-reactive ketones (excluding diaryl/α,β-unsaturated/α-hetero) is 1. The van der Waals surface area contributed by atoms with Crippen molar-refractivity contribution in [1.82, 2.24) is 15.2 Å². The number of para-hydroxylation sites is 2. The normalized spacial score (nSPS) is 18.8. The molecule has 2 aliphatic rings. The largest absolute Gasteiger partial charge is 0.452 e. The summed E-state index contributed by atoms with van der Waals surface area (Å²) in [7, 11) is 0. The van der Waals surface area contributed by atoms with Gasteiger partial charge in [-0.3, -0.25) is 9.69 Å². The summed E-state index contributed by atoms with van der Waals surface area (Å²) in [6.45, 7) is 4.82. The lowest BCUT2D eigenvalue weighted by atomic mass is 10.1. The molecule has 3 heterocycles. The van der Waals surface area contributed by atoms with Crippen molar-refractivity contribution in [2.45, 2.75) is 6.54 Å². The van der Waals surface area contributed by atoms with Gasteiger partial charge in [0.05, 0.1) is 5.56 Å². The van der Waals surface area contributed by atoms with Gasteiger partial charge >= 0.3 is 0 Å². The van der Waals surface area contributed by atoms with Gasteiger partial charge in [-0.05, 0) is 18.2 Å². The van der Waals surface area contributed by atoms with E-state index in [0.717, 1.165) is 54.8 Å². The van der Waals surface area contributed by atoms with Gasteiger partial charge in [-0.1, -0.05) is 30.3 Å². The average molecular weight is 359 g/mol. The highest BCUT2D eigenvalue weighted by atomic mass is 16.5. The molecule has 5 nitrogen and oxygen atoms in total. The first-order chi connectivity index (χ1) is 13.3. The highest BCUT2D eigenvalue weighted by molar-refractivity contribution is 6.15. The van der Waals surface area contributed by atoms with Crippen molar-refractivity contribution in [3.63, 3.8) is 0 Å². The van der Waals surface area contributed by atoms with E-state index in [1.54, 1.807) is 0 Å². The Balaban J connectivity index is 1.47. The van der Waals surface area contributed by atoms with Crippen LogP contribution in [0.1, 0.15) is 21.5 Å². The lowest BCUT2D eigenvalue weighted by Gasteiger charge is -2.27. The quantitative estimate of drug-likeness (QED) is 0.705. The summed E-state index contributed by atoms with van der Waals surface area (Å²) in [5.41, 5.74) is 3.75. The minimum Gasteiger partial charge on any atom is -0.452 e. The molecule has 5 rings (SSSR count). The van der Waals surface area contributed by atoms with Gasteiger partial charge in [-0.25, -0.2) is 0 Å². The van der Waals surface area contributed by atoms with Crippen molar-refractivity contribution in [2.75, 3.05) is 26.2 Å². The smallest absolute Gasteiger partial charge is 0.231 e. The van der Waals surface area contributed by atoms with Crippen molar-refractivity contribution < 1.29 is 9.53 Å². The average Bonchev–Trinajstić information content (AvgIpc) is 3.26. The number of benzene rings is 2. The maximum Gasteiger partial charge on any atom is 0.231 e. The van der Waals surface area contributed by atoms with E-state index in [1.165, 1.54) is 0 Å². The van der Waals surface area contributed by atoms with E-state index in [-0.39, 0.29) is 5.78 Å². The van der Waals surface area contributed by atoms with Crippen molar-refractivity contribution >= 4 is 22.8 Å². The number of hydrogen-bond donors (Lipinski definition) is 2. The first-order valence-electron chi connectivity index (χ1n) is 9.35. The van der Waals surface area contributed by atoms with Crippen LogP contribution in [-0.2, 0) is 6.54 Å². The third kappa shape index (κ3) is 2.95. The number of piperazine rings is 1. The lowest BCUT2D eigenvalue weighted by molar-refractivity contribution is 0.101. The van der Waals surface area contributed by atoms with E-state index in [1.807, 2.05) is 48.7 Å². The minimum absolute atomic E-state index is 0.0440. The van der Waals surface area contributed by atoms with Gasteiger partial charge in [0.25, 0.3) is 0 Å². The molecule has 0 saturated carbocycles. The Morgan fingerprint density at radius 2 is 1.93 bits per heavy atom. The Hall–Kier alpha value is -2.89. The zero-order valence-corrected chi connectivity index (χ0v) is 15.0. The first-order valence-corrected chi connectivity index (χ1v) is 9.35. The summed E-state index contributed by atoms with van der Waals surface area (Å²) in [5, 5.41) is 4.45. The second kappa shape index (κ2) is 6.68. The Morgan fingerprint density at radius 3 is 2.81 bits per heavy atom. The highest BCUT2D eigenvalue weighted by Gasteiger charge is 2.30. The molecule has 1 saturated heterocycles. The van der Waals surface area contributed by atoms with Gasteiger partial charge in [0.2, 0.25) is 5.78 Å². The molecule has 3 aromatic rings. The van der Waals surface area contributed by atoms with E-state index >= 15 is 0 Å². The molecule has 0 bridgehead atoms. The van der Waals surface area contributed by atoms with E-state index in [9.17, 15) is 4.79 Å². The molecule has 0 unspecified atom stereocenters. The molecule has 1 aromatic heterocycles.